The lowest BCUT2D eigenvalue weighted by molar-refractivity contribution is 0.174. The predicted octanol–water partition coefficient (Wildman–Crippen LogP) is 3.43. The minimum absolute atomic E-state index is 0.254. The third-order valence-corrected chi connectivity index (χ3v) is 3.59. The van der Waals surface area contributed by atoms with E-state index in [9.17, 15) is 0 Å². The Kier molecular flexibility index (Phi) is 3.31. The van der Waals surface area contributed by atoms with Gasteiger partial charge in [0.2, 0.25) is 6.79 Å². The van der Waals surface area contributed by atoms with Crippen LogP contribution in [0.4, 0.5) is 0 Å². The Bertz CT molecular complexity index is 616. The maximum Gasteiger partial charge on any atom is 0.231 e. The highest BCUT2D eigenvalue weighted by Crippen LogP contribution is 2.37. The Morgan fingerprint density at radius 2 is 2.00 bits per heavy atom. The van der Waals surface area contributed by atoms with Gasteiger partial charge in [-0.1, -0.05) is 22.0 Å². The van der Waals surface area contributed by atoms with Gasteiger partial charge in [-0.05, 0) is 24.3 Å². The first kappa shape index (κ1) is 12.3. The summed E-state index contributed by atoms with van der Waals surface area (Å²) in [4.78, 5) is 0. The zero-order valence-corrected chi connectivity index (χ0v) is 11.6. The molecule has 19 heavy (non-hydrogen) atoms. The van der Waals surface area contributed by atoms with Crippen LogP contribution < -0.4 is 19.9 Å². The number of ether oxygens (including phenoxy) is 3. The molecule has 0 saturated carbocycles. The molecule has 0 fully saturated rings. The summed E-state index contributed by atoms with van der Waals surface area (Å²) in [5.74, 6) is 2.86. The predicted molar refractivity (Wildman–Crippen MR) is 74.7 cm³/mol. The molecule has 1 aliphatic rings. The molecule has 0 atom stereocenters. The quantitative estimate of drug-likeness (QED) is 0.941. The van der Waals surface area contributed by atoms with E-state index in [1.807, 2.05) is 36.4 Å². The first-order chi connectivity index (χ1) is 9.28. The molecule has 0 aromatic heterocycles. The van der Waals surface area contributed by atoms with Crippen LogP contribution in [0.15, 0.2) is 40.9 Å². The molecule has 3 rings (SSSR count). The maximum atomic E-state index is 5.86. The maximum absolute atomic E-state index is 5.86. The van der Waals surface area contributed by atoms with Crippen LogP contribution in [0.5, 0.6) is 23.0 Å². The normalized spacial score (nSPS) is 12.5. The lowest BCUT2D eigenvalue weighted by atomic mass is 10.2. The van der Waals surface area contributed by atoms with E-state index in [1.54, 1.807) is 0 Å². The van der Waals surface area contributed by atoms with E-state index < -0.39 is 0 Å². The van der Waals surface area contributed by atoms with Crippen LogP contribution in [-0.2, 0) is 6.54 Å². The van der Waals surface area contributed by atoms with Gasteiger partial charge in [-0.25, -0.2) is 0 Å². The fourth-order valence-corrected chi connectivity index (χ4v) is 2.41. The van der Waals surface area contributed by atoms with Gasteiger partial charge in [0, 0.05) is 22.6 Å². The zero-order chi connectivity index (χ0) is 13.2. The fraction of sp³-hybridized carbons (Fsp3) is 0.143. The molecule has 1 aliphatic heterocycles. The van der Waals surface area contributed by atoms with Crippen molar-refractivity contribution in [1.29, 1.82) is 0 Å². The van der Waals surface area contributed by atoms with E-state index in [2.05, 4.69) is 15.9 Å². The first-order valence-electron chi connectivity index (χ1n) is 5.83. The second-order valence-electron chi connectivity index (χ2n) is 4.04. The number of halogens is 1. The van der Waals surface area contributed by atoms with E-state index in [0.717, 1.165) is 21.5 Å². The molecule has 0 radical (unpaired) electrons. The van der Waals surface area contributed by atoms with Crippen molar-refractivity contribution in [2.45, 2.75) is 6.54 Å². The summed E-state index contributed by atoms with van der Waals surface area (Å²) in [6.45, 7) is 0.658. The van der Waals surface area contributed by atoms with Crippen molar-refractivity contribution in [3.63, 3.8) is 0 Å². The SMILES string of the molecule is NCc1c(Br)cccc1Oc1ccc2c(c1)OCO2. The van der Waals surface area contributed by atoms with Gasteiger partial charge in [-0.3, -0.25) is 0 Å². The lowest BCUT2D eigenvalue weighted by Gasteiger charge is -2.11. The number of hydrogen-bond donors (Lipinski definition) is 1. The van der Waals surface area contributed by atoms with Gasteiger partial charge < -0.3 is 19.9 Å². The van der Waals surface area contributed by atoms with Gasteiger partial charge >= 0.3 is 0 Å². The average molecular weight is 322 g/mol. The molecule has 2 N–H and O–H groups in total. The summed E-state index contributed by atoms with van der Waals surface area (Å²) in [5.41, 5.74) is 6.67. The lowest BCUT2D eigenvalue weighted by Crippen LogP contribution is -2.00. The molecule has 0 spiro atoms. The Hall–Kier alpha value is -1.72. The molecule has 4 nitrogen and oxygen atoms in total. The topological polar surface area (TPSA) is 53.7 Å². The Labute approximate surface area is 119 Å². The molecule has 1 heterocycles. The van der Waals surface area contributed by atoms with E-state index >= 15 is 0 Å². The molecule has 2 aromatic rings. The highest BCUT2D eigenvalue weighted by atomic mass is 79.9. The standard InChI is InChI=1S/C14H12BrNO3/c15-11-2-1-3-12(10(11)7-16)19-9-4-5-13-14(6-9)18-8-17-13/h1-6H,7-8,16H2. The van der Waals surface area contributed by atoms with E-state index in [4.69, 9.17) is 19.9 Å². The Morgan fingerprint density at radius 1 is 1.16 bits per heavy atom. The summed E-state index contributed by atoms with van der Waals surface area (Å²) in [6, 6.07) is 11.2. The Morgan fingerprint density at radius 3 is 2.84 bits per heavy atom. The van der Waals surface area contributed by atoms with Crippen molar-refractivity contribution in [2.24, 2.45) is 5.73 Å². The van der Waals surface area contributed by atoms with Gasteiger partial charge in [0.25, 0.3) is 0 Å². The monoisotopic (exact) mass is 321 g/mol. The molecule has 98 valence electrons. The van der Waals surface area contributed by atoms with Crippen LogP contribution in [0.2, 0.25) is 0 Å². The second-order valence-corrected chi connectivity index (χ2v) is 4.89. The molecular formula is C14H12BrNO3. The van der Waals surface area contributed by atoms with Gasteiger partial charge in [0.15, 0.2) is 11.5 Å². The van der Waals surface area contributed by atoms with Crippen molar-refractivity contribution >= 4 is 15.9 Å². The molecule has 5 heteroatoms. The van der Waals surface area contributed by atoms with Crippen molar-refractivity contribution in [1.82, 2.24) is 0 Å². The molecule has 2 aromatic carbocycles. The van der Waals surface area contributed by atoms with Gasteiger partial charge in [-0.2, -0.15) is 0 Å². The summed E-state index contributed by atoms with van der Waals surface area (Å²) in [7, 11) is 0. The van der Waals surface area contributed by atoms with Crippen LogP contribution in [0.1, 0.15) is 5.56 Å². The van der Waals surface area contributed by atoms with Crippen LogP contribution in [-0.4, -0.2) is 6.79 Å². The summed E-state index contributed by atoms with van der Waals surface area (Å²) >= 11 is 3.47. The minimum atomic E-state index is 0.254. The van der Waals surface area contributed by atoms with Crippen molar-refractivity contribution < 1.29 is 14.2 Å². The first-order valence-corrected chi connectivity index (χ1v) is 6.62. The largest absolute Gasteiger partial charge is 0.457 e. The third kappa shape index (κ3) is 2.39. The van der Waals surface area contributed by atoms with Crippen molar-refractivity contribution in [2.75, 3.05) is 6.79 Å². The molecule has 0 saturated heterocycles. The van der Waals surface area contributed by atoms with Crippen molar-refractivity contribution in [3.05, 3.63) is 46.4 Å². The number of benzene rings is 2. The van der Waals surface area contributed by atoms with Gasteiger partial charge in [0.05, 0.1) is 0 Å². The highest BCUT2D eigenvalue weighted by molar-refractivity contribution is 9.10. The molecule has 0 unspecified atom stereocenters. The zero-order valence-electron chi connectivity index (χ0n) is 10.1. The van der Waals surface area contributed by atoms with E-state index in [0.29, 0.717) is 18.0 Å². The van der Waals surface area contributed by atoms with E-state index in [-0.39, 0.29) is 6.79 Å². The van der Waals surface area contributed by atoms with E-state index in [1.165, 1.54) is 0 Å². The van der Waals surface area contributed by atoms with Crippen LogP contribution in [0.25, 0.3) is 0 Å². The number of rotatable bonds is 3. The average Bonchev–Trinajstić information content (AvgIpc) is 2.86. The minimum Gasteiger partial charge on any atom is -0.457 e. The third-order valence-electron chi connectivity index (χ3n) is 2.85. The molecule has 0 aliphatic carbocycles. The highest BCUT2D eigenvalue weighted by Gasteiger charge is 2.15. The van der Waals surface area contributed by atoms with Gasteiger partial charge in [-0.15, -0.1) is 0 Å². The Balaban J connectivity index is 1.91. The smallest absolute Gasteiger partial charge is 0.231 e. The van der Waals surface area contributed by atoms with Crippen LogP contribution in [0, 0.1) is 0 Å². The van der Waals surface area contributed by atoms with Crippen molar-refractivity contribution in [3.8, 4) is 23.0 Å². The molecular weight excluding hydrogens is 310 g/mol. The summed E-state index contributed by atoms with van der Waals surface area (Å²) in [5, 5.41) is 0. The summed E-state index contributed by atoms with van der Waals surface area (Å²) in [6.07, 6.45) is 0. The second kappa shape index (κ2) is 5.11. The molecule has 0 bridgehead atoms. The number of fused-ring (bicyclic) bond motifs is 1. The number of hydrogen-bond acceptors (Lipinski definition) is 4. The van der Waals surface area contributed by atoms with Crippen LogP contribution in [0.3, 0.4) is 0 Å². The molecule has 0 amide bonds. The fourth-order valence-electron chi connectivity index (χ4n) is 1.90. The summed E-state index contributed by atoms with van der Waals surface area (Å²) < 4.78 is 17.4. The van der Waals surface area contributed by atoms with Crippen LogP contribution >= 0.6 is 15.9 Å². The van der Waals surface area contributed by atoms with Gasteiger partial charge in [0.1, 0.15) is 11.5 Å². The number of nitrogens with two attached hydrogens (primary N) is 1.